The SMILES string of the molecule is CCOC(=O)C[C@@H](CCC1(c2ccccc2)OCCO1)CC(=O)O. The van der Waals surface area contributed by atoms with Gasteiger partial charge in [-0.1, -0.05) is 30.3 Å². The molecule has 0 spiro atoms. The van der Waals surface area contributed by atoms with Gasteiger partial charge in [-0.05, 0) is 19.3 Å². The van der Waals surface area contributed by atoms with Gasteiger partial charge in [0.25, 0.3) is 0 Å². The average Bonchev–Trinajstić information content (AvgIpc) is 3.03. The fraction of sp³-hybridized carbons (Fsp3) is 0.556. The highest BCUT2D eigenvalue weighted by Gasteiger charge is 2.39. The van der Waals surface area contributed by atoms with Crippen LogP contribution in [0.3, 0.4) is 0 Å². The van der Waals surface area contributed by atoms with E-state index in [9.17, 15) is 9.59 Å². The summed E-state index contributed by atoms with van der Waals surface area (Å²) in [6.45, 7) is 3.01. The molecule has 132 valence electrons. The van der Waals surface area contributed by atoms with Gasteiger partial charge in [-0.3, -0.25) is 9.59 Å². The minimum absolute atomic E-state index is 0.0797. The third-order valence-electron chi connectivity index (χ3n) is 4.07. The molecule has 1 fully saturated rings. The van der Waals surface area contributed by atoms with Crippen LogP contribution in [0.1, 0.15) is 38.2 Å². The fourth-order valence-corrected chi connectivity index (χ4v) is 2.98. The van der Waals surface area contributed by atoms with Crippen molar-refractivity contribution in [3.05, 3.63) is 35.9 Å². The van der Waals surface area contributed by atoms with Gasteiger partial charge in [0.2, 0.25) is 0 Å². The molecule has 0 aliphatic carbocycles. The maximum Gasteiger partial charge on any atom is 0.306 e. The van der Waals surface area contributed by atoms with Crippen LogP contribution in [0.5, 0.6) is 0 Å². The minimum atomic E-state index is -0.925. The van der Waals surface area contributed by atoms with E-state index in [2.05, 4.69) is 0 Å². The van der Waals surface area contributed by atoms with Crippen LogP contribution < -0.4 is 0 Å². The van der Waals surface area contributed by atoms with Gasteiger partial charge in [-0.2, -0.15) is 0 Å². The molecule has 6 heteroatoms. The van der Waals surface area contributed by atoms with Crippen molar-refractivity contribution >= 4 is 11.9 Å². The summed E-state index contributed by atoms with van der Waals surface area (Å²) in [5.74, 6) is -2.46. The summed E-state index contributed by atoms with van der Waals surface area (Å²) >= 11 is 0. The van der Waals surface area contributed by atoms with E-state index >= 15 is 0 Å². The number of hydrogen-bond acceptors (Lipinski definition) is 5. The third kappa shape index (κ3) is 5.04. The van der Waals surface area contributed by atoms with Crippen molar-refractivity contribution < 1.29 is 28.9 Å². The number of esters is 1. The molecule has 24 heavy (non-hydrogen) atoms. The van der Waals surface area contributed by atoms with Gasteiger partial charge in [-0.15, -0.1) is 0 Å². The first kappa shape index (κ1) is 18.4. The topological polar surface area (TPSA) is 82.1 Å². The molecule has 0 unspecified atom stereocenters. The van der Waals surface area contributed by atoms with Gasteiger partial charge >= 0.3 is 11.9 Å². The number of carbonyl (C=O) groups is 2. The molecule has 0 aromatic heterocycles. The van der Waals surface area contributed by atoms with Crippen LogP contribution in [-0.2, 0) is 29.6 Å². The number of hydrogen-bond donors (Lipinski definition) is 1. The predicted molar refractivity (Wildman–Crippen MR) is 86.3 cm³/mol. The van der Waals surface area contributed by atoms with E-state index in [1.165, 1.54) is 0 Å². The molecule has 0 radical (unpaired) electrons. The summed E-state index contributed by atoms with van der Waals surface area (Å²) in [5.41, 5.74) is 0.910. The van der Waals surface area contributed by atoms with E-state index in [-0.39, 0.29) is 24.7 Å². The second-order valence-electron chi connectivity index (χ2n) is 5.83. The highest BCUT2D eigenvalue weighted by molar-refractivity contribution is 5.72. The number of carboxylic acid groups (broad SMARTS) is 1. The van der Waals surface area contributed by atoms with Gasteiger partial charge in [-0.25, -0.2) is 0 Å². The minimum Gasteiger partial charge on any atom is -0.481 e. The predicted octanol–water partition coefficient (Wildman–Crippen LogP) is 2.71. The molecule has 0 saturated carbocycles. The van der Waals surface area contributed by atoms with Crippen LogP contribution in [-0.4, -0.2) is 36.9 Å². The quantitative estimate of drug-likeness (QED) is 0.698. The molecule has 1 atom stereocenters. The van der Waals surface area contributed by atoms with Crippen LogP contribution in [0.15, 0.2) is 30.3 Å². The first-order valence-corrected chi connectivity index (χ1v) is 8.26. The highest BCUT2D eigenvalue weighted by atomic mass is 16.7. The van der Waals surface area contributed by atoms with Crippen molar-refractivity contribution in [3.63, 3.8) is 0 Å². The Morgan fingerprint density at radius 1 is 1.21 bits per heavy atom. The molecule has 0 bridgehead atoms. The van der Waals surface area contributed by atoms with Crippen molar-refractivity contribution in [2.45, 2.75) is 38.4 Å². The van der Waals surface area contributed by atoms with E-state index in [4.69, 9.17) is 19.3 Å². The number of carboxylic acids is 1. The Hall–Kier alpha value is -1.92. The second-order valence-corrected chi connectivity index (χ2v) is 5.83. The third-order valence-corrected chi connectivity index (χ3v) is 4.07. The normalized spacial score (nSPS) is 17.4. The van der Waals surface area contributed by atoms with E-state index in [0.29, 0.717) is 32.7 Å². The molecule has 1 aromatic rings. The van der Waals surface area contributed by atoms with Crippen LogP contribution in [0, 0.1) is 5.92 Å². The first-order valence-electron chi connectivity index (χ1n) is 8.26. The zero-order chi connectivity index (χ0) is 17.4. The molecular weight excluding hydrogens is 312 g/mol. The summed E-state index contributed by atoms with van der Waals surface area (Å²) in [7, 11) is 0. The van der Waals surface area contributed by atoms with Crippen molar-refractivity contribution in [1.82, 2.24) is 0 Å². The van der Waals surface area contributed by atoms with Crippen LogP contribution in [0.4, 0.5) is 0 Å². The summed E-state index contributed by atoms with van der Waals surface area (Å²) in [6.07, 6.45) is 1.00. The Labute approximate surface area is 141 Å². The number of rotatable bonds is 9. The molecule has 2 rings (SSSR count). The Balaban J connectivity index is 2.04. The average molecular weight is 336 g/mol. The van der Waals surface area contributed by atoms with Gasteiger partial charge in [0, 0.05) is 24.8 Å². The Morgan fingerprint density at radius 3 is 2.46 bits per heavy atom. The number of benzene rings is 1. The molecule has 6 nitrogen and oxygen atoms in total. The van der Waals surface area contributed by atoms with Crippen LogP contribution >= 0.6 is 0 Å². The zero-order valence-corrected chi connectivity index (χ0v) is 13.9. The maximum absolute atomic E-state index is 11.7. The molecule has 1 heterocycles. The fourth-order valence-electron chi connectivity index (χ4n) is 2.98. The molecule has 1 aliphatic rings. The Kier molecular flexibility index (Phi) is 6.75. The van der Waals surface area contributed by atoms with E-state index < -0.39 is 11.8 Å². The highest BCUT2D eigenvalue weighted by Crippen LogP contribution is 2.37. The van der Waals surface area contributed by atoms with Gasteiger partial charge < -0.3 is 19.3 Å². The lowest BCUT2D eigenvalue weighted by molar-refractivity contribution is -0.174. The summed E-state index contributed by atoms with van der Waals surface area (Å²) in [4.78, 5) is 22.8. The van der Waals surface area contributed by atoms with Crippen molar-refractivity contribution in [2.75, 3.05) is 19.8 Å². The lowest BCUT2D eigenvalue weighted by atomic mass is 9.90. The number of carbonyl (C=O) groups excluding carboxylic acids is 1. The molecule has 1 N–H and O–H groups in total. The molecule has 0 amide bonds. The summed E-state index contributed by atoms with van der Waals surface area (Å²) in [6, 6.07) is 9.61. The van der Waals surface area contributed by atoms with Gasteiger partial charge in [0.15, 0.2) is 5.79 Å². The lowest BCUT2D eigenvalue weighted by Gasteiger charge is -2.29. The van der Waals surface area contributed by atoms with E-state index in [1.807, 2.05) is 30.3 Å². The molecular formula is C18H24O6. The van der Waals surface area contributed by atoms with Crippen molar-refractivity contribution in [3.8, 4) is 0 Å². The number of aliphatic carboxylic acids is 1. The van der Waals surface area contributed by atoms with Gasteiger partial charge in [0.05, 0.1) is 19.8 Å². The largest absolute Gasteiger partial charge is 0.481 e. The first-order chi connectivity index (χ1) is 11.6. The number of ether oxygens (including phenoxy) is 3. The van der Waals surface area contributed by atoms with E-state index in [1.54, 1.807) is 6.92 Å². The van der Waals surface area contributed by atoms with Crippen LogP contribution in [0.25, 0.3) is 0 Å². The zero-order valence-electron chi connectivity index (χ0n) is 13.9. The van der Waals surface area contributed by atoms with Crippen LogP contribution in [0.2, 0.25) is 0 Å². The second kappa shape index (κ2) is 8.80. The summed E-state index contributed by atoms with van der Waals surface area (Å²) in [5, 5.41) is 9.09. The molecule has 1 aromatic carbocycles. The standard InChI is InChI=1S/C18H24O6/c1-2-22-17(21)13-14(12-16(19)20)8-9-18(23-10-11-24-18)15-6-4-3-5-7-15/h3-7,14H,2,8-13H2,1H3,(H,19,20)/t14-/m0/s1. The smallest absolute Gasteiger partial charge is 0.306 e. The Morgan fingerprint density at radius 2 is 1.88 bits per heavy atom. The lowest BCUT2D eigenvalue weighted by Crippen LogP contribution is -2.28. The maximum atomic E-state index is 11.7. The van der Waals surface area contributed by atoms with E-state index in [0.717, 1.165) is 5.56 Å². The molecule has 1 saturated heterocycles. The van der Waals surface area contributed by atoms with Crippen molar-refractivity contribution in [2.24, 2.45) is 5.92 Å². The molecule has 1 aliphatic heterocycles. The Bertz CT molecular complexity index is 536. The summed E-state index contributed by atoms with van der Waals surface area (Å²) < 4.78 is 16.6. The van der Waals surface area contributed by atoms with Crippen molar-refractivity contribution in [1.29, 1.82) is 0 Å². The van der Waals surface area contributed by atoms with Gasteiger partial charge in [0.1, 0.15) is 0 Å². The monoisotopic (exact) mass is 336 g/mol.